The molecule has 7 nitrogen and oxygen atoms in total. The highest BCUT2D eigenvalue weighted by Crippen LogP contribution is 2.50. The molecule has 1 fully saturated rings. The van der Waals surface area contributed by atoms with Crippen LogP contribution in [0.15, 0.2) is 77.6 Å². The Bertz CT molecular complexity index is 1620. The van der Waals surface area contributed by atoms with Crippen LogP contribution in [-0.4, -0.2) is 53.1 Å². The predicted molar refractivity (Wildman–Crippen MR) is 148 cm³/mol. The molecular weight excluding hydrogens is 594 g/mol. The second-order valence-electron chi connectivity index (χ2n) is 10.3. The summed E-state index contributed by atoms with van der Waals surface area (Å²) in [6.07, 6.45) is -9.47. The van der Waals surface area contributed by atoms with Gasteiger partial charge in [0.2, 0.25) is 0 Å². The zero-order valence-corrected chi connectivity index (χ0v) is 23.2. The number of aromatic nitrogens is 2. The van der Waals surface area contributed by atoms with Gasteiger partial charge < -0.3 is 19.3 Å². The quantitative estimate of drug-likeness (QED) is 0.177. The molecule has 0 bridgehead atoms. The van der Waals surface area contributed by atoms with Gasteiger partial charge in [-0.25, -0.2) is 4.98 Å². The Morgan fingerprint density at radius 2 is 1.61 bits per heavy atom. The van der Waals surface area contributed by atoms with E-state index >= 15 is 0 Å². The monoisotopic (exact) mass is 622 g/mol. The lowest BCUT2D eigenvalue weighted by Crippen LogP contribution is -2.53. The Kier molecular flexibility index (Phi) is 9.00. The summed E-state index contributed by atoms with van der Waals surface area (Å²) < 4.78 is 98.7. The first kappa shape index (κ1) is 31.5. The van der Waals surface area contributed by atoms with Crippen LogP contribution >= 0.6 is 0 Å². The molecule has 1 aliphatic rings. The van der Waals surface area contributed by atoms with Crippen molar-refractivity contribution in [1.29, 1.82) is 0 Å². The van der Waals surface area contributed by atoms with Crippen LogP contribution < -0.4 is 10.3 Å². The van der Waals surface area contributed by atoms with Crippen LogP contribution in [0.5, 0.6) is 5.75 Å². The number of hydrogen-bond donors (Lipinski definition) is 1. The van der Waals surface area contributed by atoms with Crippen molar-refractivity contribution in [2.45, 2.75) is 49.9 Å². The number of alkyl halides is 6. The zero-order valence-electron chi connectivity index (χ0n) is 23.2. The number of rotatable bonds is 9. The molecule has 1 atom stereocenters. The molecular formula is C31H28F6N2O5. The van der Waals surface area contributed by atoms with E-state index in [0.717, 1.165) is 41.5 Å². The molecule has 1 saturated heterocycles. The van der Waals surface area contributed by atoms with Gasteiger partial charge in [0.1, 0.15) is 18.2 Å². The van der Waals surface area contributed by atoms with Gasteiger partial charge in [0, 0.05) is 18.6 Å². The van der Waals surface area contributed by atoms with Crippen molar-refractivity contribution < 1.29 is 45.7 Å². The minimum atomic E-state index is -6.04. The smallest absolute Gasteiger partial charge is 0.430 e. The van der Waals surface area contributed by atoms with Crippen LogP contribution in [0.3, 0.4) is 0 Å². The molecule has 3 aromatic carbocycles. The zero-order chi connectivity index (χ0) is 31.5. The normalized spacial score (nSPS) is 16.3. The van der Waals surface area contributed by atoms with Gasteiger partial charge in [-0.05, 0) is 55.2 Å². The minimum absolute atomic E-state index is 0.0435. The second kappa shape index (κ2) is 12.6. The second-order valence-corrected chi connectivity index (χ2v) is 10.3. The van der Waals surface area contributed by atoms with Crippen LogP contribution in [0.4, 0.5) is 26.3 Å². The molecule has 2 heterocycles. The highest BCUT2D eigenvalue weighted by atomic mass is 19.4. The highest BCUT2D eigenvalue weighted by Gasteiger charge is 2.71. The molecule has 0 spiro atoms. The van der Waals surface area contributed by atoms with Crippen molar-refractivity contribution in [2.24, 2.45) is 0 Å². The van der Waals surface area contributed by atoms with Gasteiger partial charge >= 0.3 is 12.4 Å². The topological polar surface area (TPSA) is 82.8 Å². The third-order valence-electron chi connectivity index (χ3n) is 7.27. The van der Waals surface area contributed by atoms with E-state index in [9.17, 15) is 36.2 Å². The average molecular weight is 623 g/mol. The van der Waals surface area contributed by atoms with Crippen molar-refractivity contribution >= 4 is 10.9 Å². The lowest BCUT2D eigenvalue weighted by molar-refractivity contribution is -0.376. The number of nitrogens with zero attached hydrogens (tertiary/aromatic N) is 2. The fourth-order valence-electron chi connectivity index (χ4n) is 4.99. The van der Waals surface area contributed by atoms with Crippen molar-refractivity contribution in [2.75, 3.05) is 19.8 Å². The van der Waals surface area contributed by atoms with E-state index in [-0.39, 0.29) is 42.8 Å². The number of fused-ring (bicyclic) bond motifs is 1. The minimum Gasteiger partial charge on any atom is -0.491 e. The third-order valence-corrected chi connectivity index (χ3v) is 7.27. The van der Waals surface area contributed by atoms with Crippen molar-refractivity contribution in [3.8, 4) is 11.4 Å². The van der Waals surface area contributed by atoms with Gasteiger partial charge in [0.05, 0.1) is 23.2 Å². The first-order chi connectivity index (χ1) is 20.9. The molecule has 44 heavy (non-hydrogen) atoms. The summed E-state index contributed by atoms with van der Waals surface area (Å²) in [4.78, 5) is 18.5. The Morgan fingerprint density at radius 1 is 0.909 bits per heavy atom. The summed E-state index contributed by atoms with van der Waals surface area (Å²) in [7, 11) is 0. The van der Waals surface area contributed by atoms with E-state index in [0.29, 0.717) is 30.0 Å². The molecule has 1 aromatic heterocycles. The molecule has 0 aliphatic carbocycles. The molecule has 1 aliphatic heterocycles. The SMILES string of the molecule is O=c1c2cc(OCCOC3CCCCO3)ccc2nc(Cc2ccccc2)n1-c1ccc(C(O)(C(F)(F)F)C(F)(F)F)cc1. The van der Waals surface area contributed by atoms with Crippen LogP contribution in [0.2, 0.25) is 0 Å². The summed E-state index contributed by atoms with van der Waals surface area (Å²) >= 11 is 0. The van der Waals surface area contributed by atoms with E-state index in [1.165, 1.54) is 6.07 Å². The molecule has 0 radical (unpaired) electrons. The number of ether oxygens (including phenoxy) is 3. The van der Waals surface area contributed by atoms with E-state index in [4.69, 9.17) is 14.2 Å². The highest BCUT2D eigenvalue weighted by molar-refractivity contribution is 5.79. The van der Waals surface area contributed by atoms with Crippen molar-refractivity contribution in [1.82, 2.24) is 9.55 Å². The molecule has 0 amide bonds. The summed E-state index contributed by atoms with van der Waals surface area (Å²) in [5.41, 5.74) is -6.13. The number of aliphatic hydroxyl groups is 1. The Labute approximate surface area is 247 Å². The number of hydrogen-bond acceptors (Lipinski definition) is 6. The Morgan fingerprint density at radius 3 is 2.25 bits per heavy atom. The first-order valence-corrected chi connectivity index (χ1v) is 13.8. The van der Waals surface area contributed by atoms with Crippen LogP contribution in [0, 0.1) is 0 Å². The lowest BCUT2D eigenvalue weighted by atomic mass is 9.92. The van der Waals surface area contributed by atoms with Gasteiger partial charge in [-0.1, -0.05) is 42.5 Å². The molecule has 4 aromatic rings. The van der Waals surface area contributed by atoms with Gasteiger partial charge in [-0.3, -0.25) is 9.36 Å². The fraction of sp³-hybridized carbons (Fsp3) is 0.355. The number of benzene rings is 3. The molecule has 234 valence electrons. The van der Waals surface area contributed by atoms with Crippen molar-refractivity contribution in [3.63, 3.8) is 0 Å². The first-order valence-electron chi connectivity index (χ1n) is 13.8. The molecule has 5 rings (SSSR count). The Hall–Kier alpha value is -3.94. The van der Waals surface area contributed by atoms with Crippen LogP contribution in [-0.2, 0) is 21.5 Å². The third kappa shape index (κ3) is 6.44. The molecule has 0 saturated carbocycles. The average Bonchev–Trinajstić information content (AvgIpc) is 2.99. The molecule has 1 unspecified atom stereocenters. The fourth-order valence-corrected chi connectivity index (χ4v) is 4.99. The maximum Gasteiger partial charge on any atom is 0.430 e. The lowest BCUT2D eigenvalue weighted by Gasteiger charge is -2.32. The maximum absolute atomic E-state index is 13.8. The Balaban J connectivity index is 1.50. The van der Waals surface area contributed by atoms with E-state index in [2.05, 4.69) is 4.98 Å². The molecule has 1 N–H and O–H groups in total. The largest absolute Gasteiger partial charge is 0.491 e. The van der Waals surface area contributed by atoms with E-state index in [1.54, 1.807) is 42.5 Å². The van der Waals surface area contributed by atoms with Crippen molar-refractivity contribution in [3.05, 3.63) is 100 Å². The number of halogens is 6. The van der Waals surface area contributed by atoms with E-state index in [1.807, 2.05) is 0 Å². The summed E-state index contributed by atoms with van der Waals surface area (Å²) in [6, 6.07) is 16.4. The van der Waals surface area contributed by atoms with E-state index < -0.39 is 29.1 Å². The van der Waals surface area contributed by atoms with Crippen LogP contribution in [0.1, 0.15) is 36.2 Å². The van der Waals surface area contributed by atoms with Gasteiger partial charge in [-0.15, -0.1) is 0 Å². The van der Waals surface area contributed by atoms with Gasteiger partial charge in [0.15, 0.2) is 6.29 Å². The summed E-state index contributed by atoms with van der Waals surface area (Å²) in [5.74, 6) is 0.528. The van der Waals surface area contributed by atoms with Crippen LogP contribution in [0.25, 0.3) is 16.6 Å². The summed E-state index contributed by atoms with van der Waals surface area (Å²) in [5, 5.41) is 9.91. The standard InChI is InChI=1S/C31H28F6N2O5/c32-30(33,34)29(41,31(35,36)37)21-9-11-22(12-10-21)39-26(18-20-6-2-1-3-7-20)38-25-14-13-23(19-24(25)28(39)40)42-16-17-44-27-8-4-5-15-43-27/h1-3,6-7,9-14,19,27,41H,4-5,8,15-18H2. The van der Waals surface area contributed by atoms with Gasteiger partial charge in [0.25, 0.3) is 11.2 Å². The summed E-state index contributed by atoms with van der Waals surface area (Å²) in [6.45, 7) is 1.05. The predicted octanol–water partition coefficient (Wildman–Crippen LogP) is 6.21. The van der Waals surface area contributed by atoms with Gasteiger partial charge in [-0.2, -0.15) is 26.3 Å². The molecule has 13 heteroatoms. The maximum atomic E-state index is 13.8.